The van der Waals surface area contributed by atoms with E-state index >= 15 is 0 Å². The molecule has 0 aliphatic carbocycles. The van der Waals surface area contributed by atoms with Crippen LogP contribution in [0.25, 0.3) is 0 Å². The fraction of sp³-hybridized carbons (Fsp3) is 0.231. The zero-order valence-electron chi connectivity index (χ0n) is 18.1. The second kappa shape index (κ2) is 11.2. The number of carbonyl (C=O) groups excluding carboxylic acids is 2. The van der Waals surface area contributed by atoms with E-state index in [1.165, 1.54) is 0 Å². The van der Waals surface area contributed by atoms with Gasteiger partial charge in [0.1, 0.15) is 6.04 Å². The summed E-state index contributed by atoms with van der Waals surface area (Å²) >= 11 is 12.3. The average Bonchev–Trinajstić information content (AvgIpc) is 2.79. The van der Waals surface area contributed by atoms with Crippen LogP contribution in [0.4, 0.5) is 0 Å². The molecule has 0 unspecified atom stereocenters. The minimum atomic E-state index is -0.666. The summed E-state index contributed by atoms with van der Waals surface area (Å²) in [5.41, 5.74) is 3.70. The normalized spacial score (nSPS) is 11.6. The second-order valence-electron chi connectivity index (χ2n) is 7.68. The van der Waals surface area contributed by atoms with Gasteiger partial charge >= 0.3 is 0 Å². The largest absolute Gasteiger partial charge is 0.357 e. The van der Waals surface area contributed by atoms with Gasteiger partial charge in [0.05, 0.1) is 6.42 Å². The SMILES string of the molecule is CNC(=O)[C@@H](Cc1ccccc1)N(Cc1ccccc1C)C(=O)Cc1ccc(Cl)cc1Cl. The fourth-order valence-corrected chi connectivity index (χ4v) is 4.10. The van der Waals surface area contributed by atoms with Crippen LogP contribution in [-0.4, -0.2) is 29.8 Å². The Morgan fingerprint density at radius 3 is 2.28 bits per heavy atom. The van der Waals surface area contributed by atoms with Crippen molar-refractivity contribution in [3.8, 4) is 0 Å². The van der Waals surface area contributed by atoms with Crippen LogP contribution in [0.2, 0.25) is 10.0 Å². The molecule has 1 atom stereocenters. The summed E-state index contributed by atoms with van der Waals surface area (Å²) in [5.74, 6) is -0.389. The van der Waals surface area contributed by atoms with E-state index in [2.05, 4.69) is 5.32 Å². The molecule has 0 saturated heterocycles. The summed E-state index contributed by atoms with van der Waals surface area (Å²) in [5, 5.41) is 3.67. The smallest absolute Gasteiger partial charge is 0.242 e. The molecule has 6 heteroatoms. The third-order valence-corrected chi connectivity index (χ3v) is 6.06. The number of likely N-dealkylation sites (N-methyl/N-ethyl adjacent to an activating group) is 1. The molecule has 1 N–H and O–H groups in total. The number of hydrogen-bond acceptors (Lipinski definition) is 2. The minimum absolute atomic E-state index is 0.0736. The third-order valence-electron chi connectivity index (χ3n) is 5.48. The van der Waals surface area contributed by atoms with E-state index in [0.717, 1.165) is 16.7 Å². The first-order valence-electron chi connectivity index (χ1n) is 10.4. The van der Waals surface area contributed by atoms with Crippen molar-refractivity contribution in [1.82, 2.24) is 10.2 Å². The van der Waals surface area contributed by atoms with Crippen molar-refractivity contribution in [2.24, 2.45) is 0 Å². The standard InChI is InChI=1S/C26H26Cl2N2O2/c1-18-8-6-7-11-21(18)17-30(25(31)15-20-12-13-22(27)16-23(20)28)24(26(32)29-2)14-19-9-4-3-5-10-19/h3-13,16,24H,14-15,17H2,1-2H3,(H,29,32)/t24-/m1/s1. The van der Waals surface area contributed by atoms with Crippen LogP contribution in [-0.2, 0) is 29.0 Å². The van der Waals surface area contributed by atoms with Gasteiger partial charge < -0.3 is 10.2 Å². The highest BCUT2D eigenvalue weighted by Gasteiger charge is 2.30. The number of halogens is 2. The molecule has 0 aliphatic rings. The van der Waals surface area contributed by atoms with Gasteiger partial charge in [0.25, 0.3) is 0 Å². The molecule has 4 nitrogen and oxygen atoms in total. The van der Waals surface area contributed by atoms with Crippen molar-refractivity contribution in [3.63, 3.8) is 0 Å². The molecule has 0 saturated carbocycles. The Hall–Kier alpha value is -2.82. The lowest BCUT2D eigenvalue weighted by Crippen LogP contribution is -2.50. The number of amides is 2. The molecule has 0 spiro atoms. The monoisotopic (exact) mass is 468 g/mol. The summed E-state index contributed by atoms with van der Waals surface area (Å²) in [6.07, 6.45) is 0.483. The zero-order chi connectivity index (χ0) is 23.1. The van der Waals surface area contributed by atoms with Crippen molar-refractivity contribution in [2.45, 2.75) is 32.4 Å². The van der Waals surface area contributed by atoms with Crippen LogP contribution in [0, 0.1) is 6.92 Å². The second-order valence-corrected chi connectivity index (χ2v) is 8.52. The van der Waals surface area contributed by atoms with Crippen LogP contribution < -0.4 is 5.32 Å². The maximum Gasteiger partial charge on any atom is 0.242 e. The highest BCUT2D eigenvalue weighted by molar-refractivity contribution is 6.35. The van der Waals surface area contributed by atoms with E-state index in [0.29, 0.717) is 28.6 Å². The zero-order valence-corrected chi connectivity index (χ0v) is 19.7. The molecular weight excluding hydrogens is 443 g/mol. The first-order valence-corrected chi connectivity index (χ1v) is 11.2. The Kier molecular flexibility index (Phi) is 8.32. The minimum Gasteiger partial charge on any atom is -0.357 e. The number of aryl methyl sites for hydroxylation is 1. The number of nitrogens with zero attached hydrogens (tertiary/aromatic N) is 1. The van der Waals surface area contributed by atoms with E-state index in [1.807, 2.05) is 61.5 Å². The number of nitrogens with one attached hydrogen (secondary N) is 1. The van der Waals surface area contributed by atoms with Gasteiger partial charge in [-0.2, -0.15) is 0 Å². The molecule has 32 heavy (non-hydrogen) atoms. The summed E-state index contributed by atoms with van der Waals surface area (Å²) in [6.45, 7) is 2.32. The fourth-order valence-electron chi connectivity index (χ4n) is 3.62. The lowest BCUT2D eigenvalue weighted by molar-refractivity contribution is -0.140. The molecule has 3 aromatic rings. The molecule has 166 valence electrons. The van der Waals surface area contributed by atoms with Crippen LogP contribution in [0.3, 0.4) is 0 Å². The van der Waals surface area contributed by atoms with Gasteiger partial charge in [0, 0.05) is 30.1 Å². The molecule has 0 heterocycles. The van der Waals surface area contributed by atoms with E-state index in [-0.39, 0.29) is 18.2 Å². The van der Waals surface area contributed by atoms with Crippen LogP contribution in [0.1, 0.15) is 22.3 Å². The Morgan fingerprint density at radius 1 is 0.938 bits per heavy atom. The maximum atomic E-state index is 13.6. The third kappa shape index (κ3) is 6.12. The van der Waals surface area contributed by atoms with Gasteiger partial charge in [-0.3, -0.25) is 9.59 Å². The van der Waals surface area contributed by atoms with Crippen molar-refractivity contribution < 1.29 is 9.59 Å². The predicted molar refractivity (Wildman–Crippen MR) is 130 cm³/mol. The molecule has 2 amide bonds. The first kappa shape index (κ1) is 23.8. The lowest BCUT2D eigenvalue weighted by Gasteiger charge is -2.32. The van der Waals surface area contributed by atoms with Gasteiger partial charge in [0.2, 0.25) is 11.8 Å². The maximum absolute atomic E-state index is 13.6. The van der Waals surface area contributed by atoms with Gasteiger partial charge in [-0.25, -0.2) is 0 Å². The van der Waals surface area contributed by atoms with Crippen LogP contribution in [0.15, 0.2) is 72.8 Å². The Morgan fingerprint density at radius 2 is 1.62 bits per heavy atom. The van der Waals surface area contributed by atoms with Crippen molar-refractivity contribution in [1.29, 1.82) is 0 Å². The van der Waals surface area contributed by atoms with Gasteiger partial charge in [0.15, 0.2) is 0 Å². The first-order chi connectivity index (χ1) is 15.4. The lowest BCUT2D eigenvalue weighted by atomic mass is 10.0. The van der Waals surface area contributed by atoms with Crippen molar-refractivity contribution >= 4 is 35.0 Å². The van der Waals surface area contributed by atoms with Crippen LogP contribution >= 0.6 is 23.2 Å². The predicted octanol–water partition coefficient (Wildman–Crippen LogP) is 5.23. The molecule has 0 aliphatic heterocycles. The number of carbonyl (C=O) groups is 2. The molecule has 3 rings (SSSR count). The Labute approximate surface area is 199 Å². The Bertz CT molecular complexity index is 1090. The summed E-state index contributed by atoms with van der Waals surface area (Å²) < 4.78 is 0. The van der Waals surface area contributed by atoms with Gasteiger partial charge in [-0.15, -0.1) is 0 Å². The molecule has 0 aromatic heterocycles. The van der Waals surface area contributed by atoms with Crippen LogP contribution in [0.5, 0.6) is 0 Å². The van der Waals surface area contributed by atoms with E-state index in [4.69, 9.17) is 23.2 Å². The Balaban J connectivity index is 1.97. The quantitative estimate of drug-likeness (QED) is 0.491. The van der Waals surface area contributed by atoms with Crippen molar-refractivity contribution in [2.75, 3.05) is 7.05 Å². The molecule has 0 fully saturated rings. The number of rotatable bonds is 8. The van der Waals surface area contributed by atoms with Crippen molar-refractivity contribution in [3.05, 3.63) is 105 Å². The van der Waals surface area contributed by atoms with E-state index in [9.17, 15) is 9.59 Å². The molecule has 0 radical (unpaired) electrons. The molecule has 0 bridgehead atoms. The summed E-state index contributed by atoms with van der Waals surface area (Å²) in [7, 11) is 1.59. The number of benzene rings is 3. The highest BCUT2D eigenvalue weighted by Crippen LogP contribution is 2.24. The molecular formula is C26H26Cl2N2O2. The highest BCUT2D eigenvalue weighted by atomic mass is 35.5. The number of hydrogen-bond donors (Lipinski definition) is 1. The van der Waals surface area contributed by atoms with Gasteiger partial charge in [-0.1, -0.05) is 83.9 Å². The molecule has 3 aromatic carbocycles. The van der Waals surface area contributed by atoms with Gasteiger partial charge in [-0.05, 0) is 41.3 Å². The topological polar surface area (TPSA) is 49.4 Å². The summed E-state index contributed by atoms with van der Waals surface area (Å²) in [4.78, 5) is 28.2. The van der Waals surface area contributed by atoms with E-state index < -0.39 is 6.04 Å². The summed E-state index contributed by atoms with van der Waals surface area (Å²) in [6, 6.07) is 22.0. The van der Waals surface area contributed by atoms with E-state index in [1.54, 1.807) is 30.1 Å². The average molecular weight is 469 g/mol.